The maximum Gasteiger partial charge on any atom is 0.335 e. The van der Waals surface area contributed by atoms with Gasteiger partial charge in [0.25, 0.3) is 0 Å². The van der Waals surface area contributed by atoms with Crippen molar-refractivity contribution in [1.29, 1.82) is 0 Å². The molecule has 0 amide bonds. The first-order chi connectivity index (χ1) is 15.1. The molecule has 154 valence electrons. The van der Waals surface area contributed by atoms with Gasteiger partial charge in [0.05, 0.1) is 11.7 Å². The number of H-pyrrole nitrogens is 1. The Bertz CT molecular complexity index is 1290. The second kappa shape index (κ2) is 8.79. The van der Waals surface area contributed by atoms with Gasteiger partial charge in [-0.3, -0.25) is 5.10 Å². The molecule has 0 radical (unpaired) electrons. The number of hydrogen-bond donors (Lipinski definition) is 1. The lowest BCUT2D eigenvalue weighted by molar-refractivity contribution is -0.128. The number of para-hydroxylation sites is 1. The third-order valence-corrected chi connectivity index (χ3v) is 5.11. The first kappa shape index (κ1) is 20.3. The third-order valence-electron chi connectivity index (χ3n) is 5.11. The van der Waals surface area contributed by atoms with E-state index >= 15 is 0 Å². The van der Waals surface area contributed by atoms with E-state index in [9.17, 15) is 9.18 Å². The van der Waals surface area contributed by atoms with Crippen molar-refractivity contribution >= 4 is 28.0 Å². The van der Waals surface area contributed by atoms with Gasteiger partial charge in [-0.2, -0.15) is 5.10 Å². The van der Waals surface area contributed by atoms with Gasteiger partial charge in [0.1, 0.15) is 11.6 Å². The van der Waals surface area contributed by atoms with Crippen LogP contribution in [0.3, 0.4) is 0 Å². The lowest BCUT2D eigenvalue weighted by Gasteiger charge is -2.18. The van der Waals surface area contributed by atoms with Gasteiger partial charge in [-0.15, -0.1) is 0 Å². The van der Waals surface area contributed by atoms with Gasteiger partial charge in [-0.05, 0) is 59.0 Å². The number of nitrogens with one attached hydrogen (secondary N) is 1. The standard InChI is InChI=1S/C26H21FN2O2/c1-3-21(17-9-12-20(27)13-10-17)26(18-11-14-23-19(15-18)16-28-29-23)22-7-5-6-8-24(22)31-25(30)4-2/h4-16H,2-3H2,1H3,(H,28,29)/b26-21+. The van der Waals surface area contributed by atoms with Gasteiger partial charge in [-0.25, -0.2) is 9.18 Å². The second-order valence-corrected chi connectivity index (χ2v) is 7.01. The average molecular weight is 412 g/mol. The van der Waals surface area contributed by atoms with Crippen molar-refractivity contribution in [2.75, 3.05) is 0 Å². The molecular formula is C26H21FN2O2. The summed E-state index contributed by atoms with van der Waals surface area (Å²) < 4.78 is 19.1. The van der Waals surface area contributed by atoms with Crippen LogP contribution in [0.25, 0.3) is 22.0 Å². The SMILES string of the molecule is C=CC(=O)Oc1ccccc1/C(=C(\CC)c1ccc(F)cc1)c1ccc2[nH]ncc2c1. The molecule has 0 aliphatic heterocycles. The van der Waals surface area contributed by atoms with Crippen molar-refractivity contribution in [2.45, 2.75) is 13.3 Å². The van der Waals surface area contributed by atoms with Crippen molar-refractivity contribution in [3.63, 3.8) is 0 Å². The van der Waals surface area contributed by atoms with E-state index < -0.39 is 5.97 Å². The maximum atomic E-state index is 13.6. The fraction of sp³-hybridized carbons (Fsp3) is 0.0769. The van der Waals surface area contributed by atoms with E-state index in [-0.39, 0.29) is 5.82 Å². The number of fused-ring (bicyclic) bond motifs is 1. The van der Waals surface area contributed by atoms with Crippen molar-refractivity contribution in [3.8, 4) is 5.75 Å². The number of carbonyl (C=O) groups is 1. The number of allylic oxidation sites excluding steroid dienone is 1. The van der Waals surface area contributed by atoms with Gasteiger partial charge in [0, 0.05) is 17.0 Å². The molecule has 0 bridgehead atoms. The molecule has 0 unspecified atom stereocenters. The number of aromatic amines is 1. The Hall–Kier alpha value is -3.99. The van der Waals surface area contributed by atoms with E-state index in [4.69, 9.17) is 4.74 Å². The summed E-state index contributed by atoms with van der Waals surface area (Å²) in [6.45, 7) is 5.54. The molecule has 1 N–H and O–H groups in total. The monoisotopic (exact) mass is 412 g/mol. The van der Waals surface area contributed by atoms with Gasteiger partial charge in [0.15, 0.2) is 0 Å². The number of esters is 1. The number of carbonyl (C=O) groups excluding carboxylic acids is 1. The predicted octanol–water partition coefficient (Wildman–Crippen LogP) is 6.16. The zero-order valence-electron chi connectivity index (χ0n) is 17.1. The van der Waals surface area contributed by atoms with Gasteiger partial charge in [0.2, 0.25) is 0 Å². The van der Waals surface area contributed by atoms with E-state index in [1.54, 1.807) is 24.4 Å². The number of nitrogens with zero attached hydrogens (tertiary/aromatic N) is 1. The van der Waals surface area contributed by atoms with Crippen LogP contribution in [0, 0.1) is 5.82 Å². The average Bonchev–Trinajstić information content (AvgIpc) is 3.26. The van der Waals surface area contributed by atoms with E-state index in [2.05, 4.69) is 16.8 Å². The normalized spacial score (nSPS) is 11.8. The quantitative estimate of drug-likeness (QED) is 0.179. The topological polar surface area (TPSA) is 55.0 Å². The lowest BCUT2D eigenvalue weighted by atomic mass is 9.87. The first-order valence-electron chi connectivity index (χ1n) is 9.97. The Balaban J connectivity index is 2.01. The summed E-state index contributed by atoms with van der Waals surface area (Å²) >= 11 is 0. The van der Waals surface area contributed by atoms with Crippen molar-refractivity contribution in [2.24, 2.45) is 0 Å². The third kappa shape index (κ3) is 4.16. The summed E-state index contributed by atoms with van der Waals surface area (Å²) in [4.78, 5) is 12.0. The first-order valence-corrected chi connectivity index (χ1v) is 9.97. The second-order valence-electron chi connectivity index (χ2n) is 7.01. The van der Waals surface area contributed by atoms with Crippen LogP contribution in [-0.4, -0.2) is 16.2 Å². The van der Waals surface area contributed by atoms with Crippen LogP contribution in [0.4, 0.5) is 4.39 Å². The predicted molar refractivity (Wildman–Crippen MR) is 121 cm³/mol. The molecule has 0 spiro atoms. The number of hydrogen-bond acceptors (Lipinski definition) is 3. The van der Waals surface area contributed by atoms with Gasteiger partial charge >= 0.3 is 5.97 Å². The fourth-order valence-corrected chi connectivity index (χ4v) is 3.68. The van der Waals surface area contributed by atoms with Crippen LogP contribution < -0.4 is 4.74 Å². The van der Waals surface area contributed by atoms with Crippen molar-refractivity contribution in [1.82, 2.24) is 10.2 Å². The molecule has 1 aromatic heterocycles. The highest BCUT2D eigenvalue weighted by Gasteiger charge is 2.18. The molecule has 31 heavy (non-hydrogen) atoms. The van der Waals surface area contributed by atoms with E-state index in [0.29, 0.717) is 12.2 Å². The highest BCUT2D eigenvalue weighted by atomic mass is 19.1. The number of ether oxygens (including phenoxy) is 1. The molecule has 0 saturated carbocycles. The summed E-state index contributed by atoms with van der Waals surface area (Å²) in [5, 5.41) is 8.04. The minimum absolute atomic E-state index is 0.291. The lowest BCUT2D eigenvalue weighted by Crippen LogP contribution is -2.06. The maximum absolute atomic E-state index is 13.6. The van der Waals surface area contributed by atoms with Gasteiger partial charge < -0.3 is 4.74 Å². The number of aromatic nitrogens is 2. The zero-order chi connectivity index (χ0) is 21.8. The Morgan fingerprint density at radius 3 is 2.58 bits per heavy atom. The minimum atomic E-state index is -0.531. The van der Waals surface area contributed by atoms with Crippen LogP contribution in [0.5, 0.6) is 5.75 Å². The molecule has 4 aromatic rings. The summed E-state index contributed by atoms with van der Waals surface area (Å²) in [6, 6.07) is 19.8. The Morgan fingerprint density at radius 2 is 1.84 bits per heavy atom. The van der Waals surface area contributed by atoms with Crippen molar-refractivity contribution < 1.29 is 13.9 Å². The van der Waals surface area contributed by atoms with E-state index in [1.165, 1.54) is 12.1 Å². The molecule has 5 heteroatoms. The Morgan fingerprint density at radius 1 is 1.10 bits per heavy atom. The van der Waals surface area contributed by atoms with Crippen LogP contribution >= 0.6 is 0 Å². The number of halogens is 1. The molecular weight excluding hydrogens is 391 g/mol. The fourth-order valence-electron chi connectivity index (χ4n) is 3.68. The molecule has 1 heterocycles. The van der Waals surface area contributed by atoms with Crippen LogP contribution in [0.1, 0.15) is 30.0 Å². The zero-order valence-corrected chi connectivity index (χ0v) is 17.1. The summed E-state index contributed by atoms with van der Waals surface area (Å²) in [6.07, 6.45) is 3.59. The highest BCUT2D eigenvalue weighted by molar-refractivity contribution is 6.02. The Kier molecular flexibility index (Phi) is 5.76. The largest absolute Gasteiger partial charge is 0.423 e. The van der Waals surface area contributed by atoms with Crippen LogP contribution in [0.15, 0.2) is 85.6 Å². The number of rotatable bonds is 6. The summed E-state index contributed by atoms with van der Waals surface area (Å²) in [5.41, 5.74) is 5.44. The molecule has 3 aromatic carbocycles. The summed E-state index contributed by atoms with van der Waals surface area (Å²) in [7, 11) is 0. The highest BCUT2D eigenvalue weighted by Crippen LogP contribution is 2.39. The molecule has 4 rings (SSSR count). The minimum Gasteiger partial charge on any atom is -0.423 e. The number of benzene rings is 3. The molecule has 0 aliphatic carbocycles. The van der Waals surface area contributed by atoms with E-state index in [1.807, 2.05) is 43.3 Å². The molecule has 0 aliphatic rings. The Labute approximate surface area is 179 Å². The molecule has 0 fully saturated rings. The van der Waals surface area contributed by atoms with Crippen LogP contribution in [-0.2, 0) is 4.79 Å². The van der Waals surface area contributed by atoms with E-state index in [0.717, 1.165) is 44.8 Å². The summed E-state index contributed by atoms with van der Waals surface area (Å²) in [5.74, 6) is -0.388. The molecule has 4 nitrogen and oxygen atoms in total. The smallest absolute Gasteiger partial charge is 0.335 e. The molecule has 0 saturated heterocycles. The van der Waals surface area contributed by atoms with Crippen molar-refractivity contribution in [3.05, 3.63) is 108 Å². The van der Waals surface area contributed by atoms with Crippen LogP contribution in [0.2, 0.25) is 0 Å². The van der Waals surface area contributed by atoms with Gasteiger partial charge in [-0.1, -0.05) is 49.9 Å². The molecule has 0 atom stereocenters.